The predicted molar refractivity (Wildman–Crippen MR) is 89.5 cm³/mol. The van der Waals surface area contributed by atoms with Gasteiger partial charge in [-0.05, 0) is 6.42 Å². The molecule has 1 N–H and O–H groups in total. The summed E-state index contributed by atoms with van der Waals surface area (Å²) >= 11 is 7.30. The molecule has 0 saturated heterocycles. The summed E-state index contributed by atoms with van der Waals surface area (Å²) in [4.78, 5) is 8.84. The molecule has 10 heteroatoms. The Labute approximate surface area is 143 Å². The quantitative estimate of drug-likeness (QED) is 0.643. The zero-order valence-electron chi connectivity index (χ0n) is 12.4. The van der Waals surface area contributed by atoms with E-state index >= 15 is 0 Å². The van der Waals surface area contributed by atoms with Gasteiger partial charge in [0.1, 0.15) is 5.82 Å². The van der Waals surface area contributed by atoms with Crippen LogP contribution in [0.2, 0.25) is 5.15 Å². The first-order valence-corrected chi connectivity index (χ1v) is 9.87. The van der Waals surface area contributed by atoms with Crippen LogP contribution in [0.4, 0.5) is 0 Å². The SMILES string of the molecule is CCc1nccn1CCCNS(=O)(=O)c1c(Cl)nc2sccn12. The van der Waals surface area contributed by atoms with Crippen molar-refractivity contribution in [2.75, 3.05) is 6.54 Å². The summed E-state index contributed by atoms with van der Waals surface area (Å²) in [5.74, 6) is 0.992. The van der Waals surface area contributed by atoms with E-state index in [0.29, 0.717) is 24.5 Å². The highest BCUT2D eigenvalue weighted by atomic mass is 35.5. The molecule has 0 bridgehead atoms. The van der Waals surface area contributed by atoms with Crippen LogP contribution in [0.15, 0.2) is 29.0 Å². The number of halogens is 1. The molecule has 3 rings (SSSR count). The second-order valence-electron chi connectivity index (χ2n) is 4.91. The van der Waals surface area contributed by atoms with Gasteiger partial charge in [0.25, 0.3) is 10.0 Å². The lowest BCUT2D eigenvalue weighted by Crippen LogP contribution is -2.27. The van der Waals surface area contributed by atoms with Crippen LogP contribution in [0.5, 0.6) is 0 Å². The minimum absolute atomic E-state index is 0.00713. The highest BCUT2D eigenvalue weighted by molar-refractivity contribution is 7.89. The molecule has 124 valence electrons. The molecule has 0 aliphatic heterocycles. The minimum Gasteiger partial charge on any atom is -0.335 e. The van der Waals surface area contributed by atoms with Crippen LogP contribution in [0.3, 0.4) is 0 Å². The first-order chi connectivity index (χ1) is 11.0. The molecule has 0 atom stereocenters. The summed E-state index contributed by atoms with van der Waals surface area (Å²) in [7, 11) is -3.70. The lowest BCUT2D eigenvalue weighted by Gasteiger charge is -2.08. The summed E-state index contributed by atoms with van der Waals surface area (Å²) < 4.78 is 31.0. The number of aromatic nitrogens is 4. The predicted octanol–water partition coefficient (Wildman–Crippen LogP) is 2.18. The maximum Gasteiger partial charge on any atom is 0.259 e. The van der Waals surface area contributed by atoms with Crippen molar-refractivity contribution in [1.82, 2.24) is 23.7 Å². The van der Waals surface area contributed by atoms with Gasteiger partial charge in [-0.15, -0.1) is 11.3 Å². The smallest absolute Gasteiger partial charge is 0.259 e. The summed E-state index contributed by atoms with van der Waals surface area (Å²) in [5.41, 5.74) is 0. The monoisotopic (exact) mass is 373 g/mol. The fraction of sp³-hybridized carbons (Fsp3) is 0.385. The van der Waals surface area contributed by atoms with Gasteiger partial charge >= 0.3 is 0 Å². The summed E-state index contributed by atoms with van der Waals surface area (Å²) in [5, 5.41) is 1.75. The van der Waals surface area contributed by atoms with Crippen molar-refractivity contribution in [3.05, 3.63) is 34.9 Å². The Bertz CT molecular complexity index is 912. The third kappa shape index (κ3) is 3.27. The molecule has 0 saturated carbocycles. The van der Waals surface area contributed by atoms with E-state index in [2.05, 4.69) is 14.7 Å². The first kappa shape index (κ1) is 16.4. The molecule has 0 aliphatic carbocycles. The lowest BCUT2D eigenvalue weighted by atomic mass is 10.4. The van der Waals surface area contributed by atoms with E-state index in [0.717, 1.165) is 12.2 Å². The molecule has 3 aromatic rings. The molecule has 23 heavy (non-hydrogen) atoms. The van der Waals surface area contributed by atoms with Crippen molar-refractivity contribution in [3.63, 3.8) is 0 Å². The van der Waals surface area contributed by atoms with Crippen molar-refractivity contribution in [1.29, 1.82) is 0 Å². The lowest BCUT2D eigenvalue weighted by molar-refractivity contribution is 0.562. The number of hydrogen-bond acceptors (Lipinski definition) is 5. The summed E-state index contributed by atoms with van der Waals surface area (Å²) in [6.45, 7) is 3.06. The van der Waals surface area contributed by atoms with Gasteiger partial charge in [-0.25, -0.2) is 23.1 Å². The Morgan fingerprint density at radius 2 is 2.22 bits per heavy atom. The van der Waals surface area contributed by atoms with Crippen LogP contribution in [-0.4, -0.2) is 33.9 Å². The summed E-state index contributed by atoms with van der Waals surface area (Å²) in [6, 6.07) is 0. The van der Waals surface area contributed by atoms with Gasteiger partial charge in [0.05, 0.1) is 0 Å². The van der Waals surface area contributed by atoms with Gasteiger partial charge in [0.2, 0.25) is 0 Å². The van der Waals surface area contributed by atoms with E-state index in [1.165, 1.54) is 15.7 Å². The molecule has 0 aliphatic rings. The van der Waals surface area contributed by atoms with Gasteiger partial charge < -0.3 is 4.57 Å². The number of sulfonamides is 1. The molecular formula is C13H16ClN5O2S2. The van der Waals surface area contributed by atoms with E-state index in [4.69, 9.17) is 11.6 Å². The highest BCUT2D eigenvalue weighted by Crippen LogP contribution is 2.25. The van der Waals surface area contributed by atoms with Gasteiger partial charge in [-0.2, -0.15) is 0 Å². The van der Waals surface area contributed by atoms with E-state index in [1.54, 1.807) is 17.8 Å². The van der Waals surface area contributed by atoms with Gasteiger partial charge in [0.15, 0.2) is 15.1 Å². The molecular weight excluding hydrogens is 358 g/mol. The molecule has 7 nitrogen and oxygen atoms in total. The highest BCUT2D eigenvalue weighted by Gasteiger charge is 2.24. The van der Waals surface area contributed by atoms with Crippen molar-refractivity contribution in [3.8, 4) is 0 Å². The fourth-order valence-corrected chi connectivity index (χ4v) is 4.88. The topological polar surface area (TPSA) is 81.3 Å². The molecule has 0 unspecified atom stereocenters. The molecule has 0 radical (unpaired) electrons. The van der Waals surface area contributed by atoms with E-state index in [-0.39, 0.29) is 10.2 Å². The number of nitrogens with zero attached hydrogens (tertiary/aromatic N) is 4. The zero-order chi connectivity index (χ0) is 16.4. The van der Waals surface area contributed by atoms with Gasteiger partial charge in [-0.1, -0.05) is 18.5 Å². The van der Waals surface area contributed by atoms with Crippen LogP contribution in [0, 0.1) is 0 Å². The standard InChI is InChI=1S/C13H16ClN5O2S2/c1-2-10-15-5-7-18(10)6-3-4-16-23(20,21)12-11(14)17-13-19(12)8-9-22-13/h5,7-9,16H,2-4,6H2,1H3. The Hall–Kier alpha value is -1.42. The molecule has 3 heterocycles. The number of aryl methyl sites for hydroxylation is 2. The average molecular weight is 374 g/mol. The summed E-state index contributed by atoms with van der Waals surface area (Å²) in [6.07, 6.45) is 6.80. The van der Waals surface area contributed by atoms with E-state index in [9.17, 15) is 8.42 Å². The number of nitrogens with one attached hydrogen (secondary N) is 1. The van der Waals surface area contributed by atoms with Crippen LogP contribution in [-0.2, 0) is 23.0 Å². The first-order valence-electron chi connectivity index (χ1n) is 7.13. The Kier molecular flexibility index (Phi) is 4.72. The Morgan fingerprint density at radius 3 is 3.00 bits per heavy atom. The maximum absolute atomic E-state index is 12.4. The molecule has 0 spiro atoms. The van der Waals surface area contributed by atoms with Crippen molar-refractivity contribution < 1.29 is 8.42 Å². The number of hydrogen-bond donors (Lipinski definition) is 1. The second-order valence-corrected chi connectivity index (χ2v) is 7.82. The molecule has 0 fully saturated rings. The van der Waals surface area contributed by atoms with E-state index < -0.39 is 10.0 Å². The molecule has 0 aromatic carbocycles. The largest absolute Gasteiger partial charge is 0.335 e. The van der Waals surface area contributed by atoms with Gasteiger partial charge in [0, 0.05) is 43.5 Å². The number of fused-ring (bicyclic) bond motifs is 1. The van der Waals surface area contributed by atoms with Crippen LogP contribution >= 0.6 is 22.9 Å². The van der Waals surface area contributed by atoms with Crippen LogP contribution in [0.1, 0.15) is 19.2 Å². The van der Waals surface area contributed by atoms with Gasteiger partial charge in [-0.3, -0.25) is 4.40 Å². The van der Waals surface area contributed by atoms with E-state index in [1.807, 2.05) is 17.7 Å². The Balaban J connectivity index is 1.65. The van der Waals surface area contributed by atoms with Crippen molar-refractivity contribution in [2.45, 2.75) is 31.3 Å². The fourth-order valence-electron chi connectivity index (χ4n) is 2.36. The second kappa shape index (κ2) is 6.60. The molecule has 0 amide bonds. The van der Waals surface area contributed by atoms with Crippen molar-refractivity contribution >= 4 is 37.9 Å². The average Bonchev–Trinajstić information content (AvgIpc) is 3.18. The zero-order valence-corrected chi connectivity index (χ0v) is 14.8. The molecule has 3 aromatic heterocycles. The normalized spacial score (nSPS) is 12.3. The number of thiazole rings is 1. The number of imidazole rings is 2. The third-order valence-electron chi connectivity index (χ3n) is 3.42. The van der Waals surface area contributed by atoms with Crippen molar-refractivity contribution in [2.24, 2.45) is 0 Å². The minimum atomic E-state index is -3.70. The third-order valence-corrected chi connectivity index (χ3v) is 6.03. The number of rotatable bonds is 7. The van der Waals surface area contributed by atoms with Crippen LogP contribution in [0.25, 0.3) is 4.96 Å². The maximum atomic E-state index is 12.4. The van der Waals surface area contributed by atoms with Crippen LogP contribution < -0.4 is 4.72 Å². The Morgan fingerprint density at radius 1 is 1.39 bits per heavy atom.